The van der Waals surface area contributed by atoms with Crippen LogP contribution in [-0.2, 0) is 0 Å². The van der Waals surface area contributed by atoms with E-state index in [2.05, 4.69) is 11.4 Å². The van der Waals surface area contributed by atoms with Crippen LogP contribution in [0.1, 0.15) is 6.42 Å². The average Bonchev–Trinajstić information content (AvgIpc) is 1.90. The van der Waals surface area contributed by atoms with Crippen molar-refractivity contribution in [3.05, 3.63) is 12.2 Å². The molecule has 8 heavy (non-hydrogen) atoms. The van der Waals surface area contributed by atoms with E-state index in [-0.39, 0.29) is 6.04 Å². The highest BCUT2D eigenvalue weighted by Gasteiger charge is 2.02. The molecule has 1 atom stereocenters. The minimum absolute atomic E-state index is 0.0382. The summed E-state index contributed by atoms with van der Waals surface area (Å²) in [5.41, 5.74) is 0. The maximum absolute atomic E-state index is 8.33. The lowest BCUT2D eigenvalue weighted by molar-refractivity contribution is 0.659. The molecule has 1 rings (SSSR count). The van der Waals surface area contributed by atoms with Crippen LogP contribution in [0, 0.1) is 11.3 Å². The molecule has 0 radical (unpaired) electrons. The summed E-state index contributed by atoms with van der Waals surface area (Å²) in [6, 6.07) is 2.07. The van der Waals surface area contributed by atoms with Gasteiger partial charge in [0.25, 0.3) is 0 Å². The van der Waals surface area contributed by atoms with Crippen molar-refractivity contribution >= 4 is 0 Å². The lowest BCUT2D eigenvalue weighted by Gasteiger charge is -2.09. The molecule has 1 aliphatic heterocycles. The zero-order valence-electron chi connectivity index (χ0n) is 4.59. The highest BCUT2D eigenvalue weighted by molar-refractivity contribution is 5.08. The number of hydrogen-bond acceptors (Lipinski definition) is 2. The summed E-state index contributed by atoms with van der Waals surface area (Å²) in [6.07, 6.45) is 4.98. The Morgan fingerprint density at radius 3 is 3.00 bits per heavy atom. The average molecular weight is 108 g/mol. The minimum Gasteiger partial charge on any atom is -0.298 e. The first-order valence-corrected chi connectivity index (χ1v) is 2.73. The molecule has 0 aliphatic carbocycles. The van der Waals surface area contributed by atoms with Gasteiger partial charge < -0.3 is 0 Å². The van der Waals surface area contributed by atoms with E-state index in [1.165, 1.54) is 0 Å². The number of rotatable bonds is 0. The second kappa shape index (κ2) is 2.49. The molecule has 42 valence electrons. The van der Waals surface area contributed by atoms with Gasteiger partial charge in [-0.15, -0.1) is 0 Å². The third-order valence-corrected chi connectivity index (χ3v) is 1.14. The molecular weight excluding hydrogens is 100 g/mol. The predicted molar refractivity (Wildman–Crippen MR) is 31.2 cm³/mol. The molecule has 0 saturated heterocycles. The zero-order chi connectivity index (χ0) is 5.82. The number of nitrogens with one attached hydrogen (secondary N) is 1. The molecule has 2 heteroatoms. The molecule has 0 saturated carbocycles. The van der Waals surface area contributed by atoms with Gasteiger partial charge in [0.15, 0.2) is 0 Å². The molecule has 1 N–H and O–H groups in total. The van der Waals surface area contributed by atoms with Crippen LogP contribution in [0.2, 0.25) is 0 Å². The molecule has 0 spiro atoms. The molecule has 0 amide bonds. The van der Waals surface area contributed by atoms with Crippen LogP contribution >= 0.6 is 0 Å². The Morgan fingerprint density at radius 2 is 2.62 bits per heavy atom. The monoisotopic (exact) mass is 108 g/mol. The Balaban J connectivity index is 2.46. The van der Waals surface area contributed by atoms with E-state index in [9.17, 15) is 0 Å². The van der Waals surface area contributed by atoms with Gasteiger partial charge in [-0.3, -0.25) is 5.32 Å². The van der Waals surface area contributed by atoms with Crippen molar-refractivity contribution in [2.75, 3.05) is 6.54 Å². The van der Waals surface area contributed by atoms with Crippen molar-refractivity contribution in [2.24, 2.45) is 0 Å². The van der Waals surface area contributed by atoms with Gasteiger partial charge in [-0.05, 0) is 6.42 Å². The summed E-state index contributed by atoms with van der Waals surface area (Å²) in [4.78, 5) is 0. The first kappa shape index (κ1) is 5.33. The summed E-state index contributed by atoms with van der Waals surface area (Å²) in [6.45, 7) is 0.939. The van der Waals surface area contributed by atoms with Crippen LogP contribution < -0.4 is 5.32 Å². The van der Waals surface area contributed by atoms with E-state index in [1.807, 2.05) is 12.2 Å². The third kappa shape index (κ3) is 1.08. The molecule has 0 aromatic carbocycles. The van der Waals surface area contributed by atoms with Gasteiger partial charge in [-0.2, -0.15) is 5.26 Å². The van der Waals surface area contributed by atoms with E-state index in [1.54, 1.807) is 0 Å². The summed E-state index contributed by atoms with van der Waals surface area (Å²) >= 11 is 0. The van der Waals surface area contributed by atoms with Crippen LogP contribution in [0.25, 0.3) is 0 Å². The fourth-order valence-corrected chi connectivity index (χ4v) is 0.711. The van der Waals surface area contributed by atoms with E-state index >= 15 is 0 Å². The normalized spacial score (nSPS) is 27.1. The molecule has 0 fully saturated rings. The molecule has 0 unspecified atom stereocenters. The Labute approximate surface area is 48.8 Å². The van der Waals surface area contributed by atoms with E-state index in [0.29, 0.717) is 0 Å². The standard InChI is InChI=1S/C6H8N2/c7-5-6-3-1-2-4-8-6/h1,3,6,8H,2,4H2/t6-/m1/s1. The van der Waals surface area contributed by atoms with Gasteiger partial charge in [0, 0.05) is 6.54 Å². The van der Waals surface area contributed by atoms with Crippen LogP contribution in [-0.4, -0.2) is 12.6 Å². The first-order valence-electron chi connectivity index (χ1n) is 2.73. The fourth-order valence-electron chi connectivity index (χ4n) is 0.711. The topological polar surface area (TPSA) is 35.8 Å². The highest BCUT2D eigenvalue weighted by atomic mass is 14.9. The maximum Gasteiger partial charge on any atom is 0.114 e. The zero-order valence-corrected chi connectivity index (χ0v) is 4.59. The van der Waals surface area contributed by atoms with Crippen LogP contribution in [0.15, 0.2) is 12.2 Å². The predicted octanol–water partition coefficient (Wildman–Crippen LogP) is 0.428. The van der Waals surface area contributed by atoms with Crippen LogP contribution in [0.4, 0.5) is 0 Å². The van der Waals surface area contributed by atoms with Crippen LogP contribution in [0.3, 0.4) is 0 Å². The Kier molecular flexibility index (Phi) is 1.66. The van der Waals surface area contributed by atoms with E-state index in [4.69, 9.17) is 5.26 Å². The molecular formula is C6H8N2. The maximum atomic E-state index is 8.33. The molecule has 1 aliphatic rings. The molecule has 0 aromatic rings. The van der Waals surface area contributed by atoms with Crippen molar-refractivity contribution in [3.63, 3.8) is 0 Å². The van der Waals surface area contributed by atoms with Crippen molar-refractivity contribution in [2.45, 2.75) is 12.5 Å². The lowest BCUT2D eigenvalue weighted by Crippen LogP contribution is -2.28. The minimum atomic E-state index is -0.0382. The van der Waals surface area contributed by atoms with Gasteiger partial charge in [-0.1, -0.05) is 12.2 Å². The molecule has 2 nitrogen and oxygen atoms in total. The van der Waals surface area contributed by atoms with E-state index < -0.39 is 0 Å². The van der Waals surface area contributed by atoms with Gasteiger partial charge in [-0.25, -0.2) is 0 Å². The molecule has 1 heterocycles. The van der Waals surface area contributed by atoms with Crippen LogP contribution in [0.5, 0.6) is 0 Å². The smallest absolute Gasteiger partial charge is 0.114 e. The van der Waals surface area contributed by atoms with Gasteiger partial charge in [0.1, 0.15) is 6.04 Å². The quantitative estimate of drug-likeness (QED) is 0.457. The Hall–Kier alpha value is -0.810. The summed E-state index contributed by atoms with van der Waals surface area (Å²) in [5.74, 6) is 0. The summed E-state index contributed by atoms with van der Waals surface area (Å²) in [7, 11) is 0. The lowest BCUT2D eigenvalue weighted by atomic mass is 10.2. The number of hydrogen-bond donors (Lipinski definition) is 1. The summed E-state index contributed by atoms with van der Waals surface area (Å²) < 4.78 is 0. The Bertz CT molecular complexity index is 132. The van der Waals surface area contributed by atoms with Gasteiger partial charge >= 0.3 is 0 Å². The highest BCUT2D eigenvalue weighted by Crippen LogP contribution is 1.93. The third-order valence-electron chi connectivity index (χ3n) is 1.14. The van der Waals surface area contributed by atoms with Gasteiger partial charge in [0.05, 0.1) is 6.07 Å². The molecule has 0 bridgehead atoms. The van der Waals surface area contributed by atoms with Crippen molar-refractivity contribution in [1.29, 1.82) is 5.26 Å². The number of nitriles is 1. The van der Waals surface area contributed by atoms with Crippen molar-refractivity contribution in [1.82, 2.24) is 5.32 Å². The van der Waals surface area contributed by atoms with Crippen molar-refractivity contribution in [3.8, 4) is 6.07 Å². The molecule has 0 aromatic heterocycles. The van der Waals surface area contributed by atoms with E-state index in [0.717, 1.165) is 13.0 Å². The largest absolute Gasteiger partial charge is 0.298 e. The van der Waals surface area contributed by atoms with Gasteiger partial charge in [0.2, 0.25) is 0 Å². The second-order valence-electron chi connectivity index (χ2n) is 1.78. The van der Waals surface area contributed by atoms with Crippen molar-refractivity contribution < 1.29 is 0 Å². The second-order valence-corrected chi connectivity index (χ2v) is 1.78. The first-order chi connectivity index (χ1) is 3.93. The summed E-state index contributed by atoms with van der Waals surface area (Å²) in [5, 5.41) is 11.3. The Morgan fingerprint density at radius 1 is 1.75 bits per heavy atom. The fraction of sp³-hybridized carbons (Fsp3) is 0.500. The SMILES string of the molecule is N#C[C@H]1C=CCCN1. The number of nitrogens with zero attached hydrogens (tertiary/aromatic N) is 1.